The van der Waals surface area contributed by atoms with E-state index in [2.05, 4.69) is 27.3 Å². The van der Waals surface area contributed by atoms with E-state index in [-0.39, 0.29) is 5.97 Å². The molecule has 0 amide bonds. The fraction of sp³-hybridized carbons (Fsp3) is 0.417. The van der Waals surface area contributed by atoms with E-state index in [0.29, 0.717) is 0 Å². The van der Waals surface area contributed by atoms with Gasteiger partial charge in [-0.3, -0.25) is 0 Å². The summed E-state index contributed by atoms with van der Waals surface area (Å²) in [6, 6.07) is 6.05. The molecule has 1 aromatic carbocycles. The molecular formula is C12H14BrNO2. The fourth-order valence-corrected chi connectivity index (χ4v) is 2.52. The van der Waals surface area contributed by atoms with E-state index in [4.69, 9.17) is 4.74 Å². The molecule has 0 bridgehead atoms. The van der Waals surface area contributed by atoms with Crippen molar-refractivity contribution in [3.8, 4) is 0 Å². The first-order chi connectivity index (χ1) is 7.57. The second-order valence-electron chi connectivity index (χ2n) is 4.22. The third kappa shape index (κ3) is 1.82. The molecule has 86 valence electrons. The number of nitrogens with one attached hydrogen (secondary N) is 1. The molecule has 3 nitrogen and oxygen atoms in total. The van der Waals surface area contributed by atoms with Crippen molar-refractivity contribution in [2.45, 2.75) is 25.3 Å². The van der Waals surface area contributed by atoms with Crippen molar-refractivity contribution in [3.63, 3.8) is 0 Å². The van der Waals surface area contributed by atoms with Crippen LogP contribution in [-0.4, -0.2) is 18.6 Å². The number of hydrogen-bond acceptors (Lipinski definition) is 3. The molecule has 1 aromatic rings. The Morgan fingerprint density at radius 2 is 2.31 bits per heavy atom. The van der Waals surface area contributed by atoms with Crippen LogP contribution in [0.1, 0.15) is 18.9 Å². The molecule has 1 aliphatic rings. The number of carbonyl (C=O) groups is 1. The van der Waals surface area contributed by atoms with Crippen LogP contribution in [0.25, 0.3) is 0 Å². The molecule has 0 aliphatic carbocycles. The van der Waals surface area contributed by atoms with E-state index in [1.54, 1.807) is 0 Å². The Bertz CT molecular complexity index is 433. The Morgan fingerprint density at radius 1 is 1.56 bits per heavy atom. The Morgan fingerprint density at radius 3 is 3.00 bits per heavy atom. The summed E-state index contributed by atoms with van der Waals surface area (Å²) in [4.78, 5) is 11.7. The van der Waals surface area contributed by atoms with Crippen LogP contribution >= 0.6 is 15.9 Å². The lowest BCUT2D eigenvalue weighted by molar-refractivity contribution is -0.145. The van der Waals surface area contributed by atoms with Gasteiger partial charge in [0.1, 0.15) is 5.54 Å². The zero-order chi connectivity index (χ0) is 11.8. The number of aryl methyl sites for hydroxylation is 1. The minimum Gasteiger partial charge on any atom is -0.467 e. The summed E-state index contributed by atoms with van der Waals surface area (Å²) in [5, 5.41) is 3.27. The van der Waals surface area contributed by atoms with E-state index < -0.39 is 5.54 Å². The highest BCUT2D eigenvalue weighted by atomic mass is 79.9. The predicted molar refractivity (Wildman–Crippen MR) is 66.5 cm³/mol. The van der Waals surface area contributed by atoms with Gasteiger partial charge in [0.2, 0.25) is 0 Å². The Balaban J connectivity index is 2.36. The number of esters is 1. The molecule has 1 unspecified atom stereocenters. The van der Waals surface area contributed by atoms with Crippen molar-refractivity contribution < 1.29 is 9.53 Å². The van der Waals surface area contributed by atoms with Crippen LogP contribution < -0.4 is 5.32 Å². The fourth-order valence-electron chi connectivity index (χ4n) is 2.02. The maximum Gasteiger partial charge on any atom is 0.331 e. The van der Waals surface area contributed by atoms with Gasteiger partial charge in [0.05, 0.1) is 12.8 Å². The highest BCUT2D eigenvalue weighted by molar-refractivity contribution is 9.10. The van der Waals surface area contributed by atoms with E-state index in [1.807, 2.05) is 19.1 Å². The molecule has 0 saturated heterocycles. The normalized spacial score (nSPS) is 23.2. The number of rotatable bonds is 1. The van der Waals surface area contributed by atoms with Crippen molar-refractivity contribution in [1.29, 1.82) is 0 Å². The van der Waals surface area contributed by atoms with Gasteiger partial charge in [-0.15, -0.1) is 0 Å². The van der Waals surface area contributed by atoms with E-state index in [9.17, 15) is 4.79 Å². The van der Waals surface area contributed by atoms with Gasteiger partial charge in [0, 0.05) is 4.47 Å². The van der Waals surface area contributed by atoms with Gasteiger partial charge in [0.25, 0.3) is 0 Å². The summed E-state index contributed by atoms with van der Waals surface area (Å²) < 4.78 is 5.82. The van der Waals surface area contributed by atoms with Crippen molar-refractivity contribution in [2.24, 2.45) is 0 Å². The number of para-hydroxylation sites is 1. The standard InChI is InChI=1S/C12H14BrNO2/c1-12(11(15)16-2)7-6-8-4-3-5-9(13)10(8)14-12/h3-5,14H,6-7H2,1-2H3. The van der Waals surface area contributed by atoms with Gasteiger partial charge >= 0.3 is 5.97 Å². The lowest BCUT2D eigenvalue weighted by atomic mass is 9.88. The number of fused-ring (bicyclic) bond motifs is 1. The quantitative estimate of drug-likeness (QED) is 0.806. The van der Waals surface area contributed by atoms with Crippen LogP contribution in [0, 0.1) is 0 Å². The Kier molecular flexibility index (Phi) is 2.93. The largest absolute Gasteiger partial charge is 0.467 e. The topological polar surface area (TPSA) is 38.3 Å². The number of hydrogen-bond donors (Lipinski definition) is 1. The van der Waals surface area contributed by atoms with Gasteiger partial charge in [0.15, 0.2) is 0 Å². The number of carbonyl (C=O) groups excluding carboxylic acids is 1. The summed E-state index contributed by atoms with van der Waals surface area (Å²) in [6.07, 6.45) is 1.64. The number of halogens is 1. The molecule has 1 atom stereocenters. The first-order valence-corrected chi connectivity index (χ1v) is 6.00. The minimum atomic E-state index is -0.619. The SMILES string of the molecule is COC(=O)C1(C)CCc2cccc(Br)c2N1. The lowest BCUT2D eigenvalue weighted by Crippen LogP contribution is -2.47. The number of anilines is 1. The number of ether oxygens (including phenoxy) is 1. The van der Waals surface area contributed by atoms with Crippen LogP contribution in [-0.2, 0) is 16.0 Å². The molecule has 1 aliphatic heterocycles. The van der Waals surface area contributed by atoms with Crippen molar-refractivity contribution in [3.05, 3.63) is 28.2 Å². The van der Waals surface area contributed by atoms with E-state index in [1.165, 1.54) is 12.7 Å². The third-order valence-electron chi connectivity index (χ3n) is 3.03. The van der Waals surface area contributed by atoms with Gasteiger partial charge < -0.3 is 10.1 Å². The van der Waals surface area contributed by atoms with Crippen LogP contribution in [0.4, 0.5) is 5.69 Å². The van der Waals surface area contributed by atoms with Crippen LogP contribution in [0.3, 0.4) is 0 Å². The molecule has 0 spiro atoms. The molecule has 1 N–H and O–H groups in total. The van der Waals surface area contributed by atoms with Crippen molar-refractivity contribution in [2.75, 3.05) is 12.4 Å². The summed E-state index contributed by atoms with van der Waals surface area (Å²) in [6.45, 7) is 1.88. The lowest BCUT2D eigenvalue weighted by Gasteiger charge is -2.34. The average Bonchev–Trinajstić information content (AvgIpc) is 2.29. The minimum absolute atomic E-state index is 0.214. The van der Waals surface area contributed by atoms with Gasteiger partial charge in [-0.2, -0.15) is 0 Å². The molecule has 4 heteroatoms. The monoisotopic (exact) mass is 283 g/mol. The average molecular weight is 284 g/mol. The van der Waals surface area contributed by atoms with Crippen molar-refractivity contribution in [1.82, 2.24) is 0 Å². The van der Waals surface area contributed by atoms with Crippen LogP contribution in [0.2, 0.25) is 0 Å². The summed E-state index contributed by atoms with van der Waals surface area (Å²) in [5.74, 6) is -0.214. The Labute approximate surface area is 103 Å². The highest BCUT2D eigenvalue weighted by Gasteiger charge is 2.37. The summed E-state index contributed by atoms with van der Waals surface area (Å²) >= 11 is 3.49. The van der Waals surface area contributed by atoms with E-state index >= 15 is 0 Å². The number of benzene rings is 1. The van der Waals surface area contributed by atoms with Gasteiger partial charge in [-0.05, 0) is 47.3 Å². The van der Waals surface area contributed by atoms with Crippen molar-refractivity contribution >= 4 is 27.6 Å². The zero-order valence-electron chi connectivity index (χ0n) is 9.34. The third-order valence-corrected chi connectivity index (χ3v) is 3.69. The second-order valence-corrected chi connectivity index (χ2v) is 5.08. The molecule has 0 fully saturated rings. The van der Waals surface area contributed by atoms with Gasteiger partial charge in [-0.25, -0.2) is 4.79 Å². The maximum absolute atomic E-state index is 11.7. The van der Waals surface area contributed by atoms with Crippen LogP contribution in [0.15, 0.2) is 22.7 Å². The summed E-state index contributed by atoms with van der Waals surface area (Å²) in [5.41, 5.74) is 1.61. The zero-order valence-corrected chi connectivity index (χ0v) is 10.9. The molecule has 0 saturated carbocycles. The predicted octanol–water partition coefficient (Wildman–Crippen LogP) is 2.74. The maximum atomic E-state index is 11.7. The molecule has 1 heterocycles. The smallest absolute Gasteiger partial charge is 0.331 e. The molecule has 0 radical (unpaired) electrons. The highest BCUT2D eigenvalue weighted by Crippen LogP contribution is 2.36. The second kappa shape index (κ2) is 4.09. The first-order valence-electron chi connectivity index (χ1n) is 5.21. The molecule has 16 heavy (non-hydrogen) atoms. The van der Waals surface area contributed by atoms with Crippen LogP contribution in [0.5, 0.6) is 0 Å². The molecular weight excluding hydrogens is 270 g/mol. The molecule has 0 aromatic heterocycles. The number of methoxy groups -OCH3 is 1. The first kappa shape index (κ1) is 11.5. The van der Waals surface area contributed by atoms with E-state index in [0.717, 1.165) is 23.0 Å². The van der Waals surface area contributed by atoms with Gasteiger partial charge in [-0.1, -0.05) is 12.1 Å². The molecule has 2 rings (SSSR count). The Hall–Kier alpha value is -1.03. The summed E-state index contributed by atoms with van der Waals surface area (Å²) in [7, 11) is 1.42.